The van der Waals surface area contributed by atoms with Crippen LogP contribution >= 0.6 is 68.0 Å². The van der Waals surface area contributed by atoms with Crippen molar-refractivity contribution in [3.8, 4) is 0 Å². The van der Waals surface area contributed by atoms with E-state index in [1.54, 1.807) is 86.6 Å². The molecule has 0 radical (unpaired) electrons. The van der Waals surface area contributed by atoms with Crippen molar-refractivity contribution >= 4 is 129 Å². The molecule has 54 heavy (non-hydrogen) atoms. The molecule has 0 saturated heterocycles. The average molecular weight is 812 g/mol. The van der Waals surface area contributed by atoms with Gasteiger partial charge >= 0.3 is 0 Å². The van der Waals surface area contributed by atoms with E-state index >= 15 is 0 Å². The first kappa shape index (κ1) is 36.9. The first-order valence-corrected chi connectivity index (χ1v) is 21.6. The van der Waals surface area contributed by atoms with Gasteiger partial charge in [0.05, 0.1) is 28.0 Å². The summed E-state index contributed by atoms with van der Waals surface area (Å²) in [4.78, 5) is 14.3. The van der Waals surface area contributed by atoms with Gasteiger partial charge in [-0.2, -0.15) is 15.3 Å². The van der Waals surface area contributed by atoms with Gasteiger partial charge in [0.2, 0.25) is 0 Å². The number of hydrogen-bond donors (Lipinski definition) is 0. The van der Waals surface area contributed by atoms with Crippen LogP contribution in [-0.2, 0) is 0 Å². The van der Waals surface area contributed by atoms with Gasteiger partial charge in [-0.15, -0.1) is 73.1 Å². The quantitative estimate of drug-likeness (QED) is 0.151. The third kappa shape index (κ3) is 10.4. The van der Waals surface area contributed by atoms with Crippen molar-refractivity contribution in [2.75, 3.05) is 0 Å². The van der Waals surface area contributed by atoms with E-state index in [9.17, 15) is 0 Å². The summed E-state index contributed by atoms with van der Waals surface area (Å²) in [6.45, 7) is 0. The lowest BCUT2D eigenvalue weighted by molar-refractivity contribution is 1.05. The molecule has 1 aromatic carbocycles. The lowest BCUT2D eigenvalue weighted by atomic mass is 10.3. The Bertz CT molecular complexity index is 2210. The normalized spacial score (nSPS) is 10.2. The smallest absolute Gasteiger partial charge is 0.146 e. The Morgan fingerprint density at radius 3 is 1.57 bits per heavy atom. The Labute approximate surface area is 334 Å². The third-order valence-corrected chi connectivity index (χ3v) is 12.6. The molecule has 0 bridgehead atoms. The second-order valence-corrected chi connectivity index (χ2v) is 16.5. The minimum Gasteiger partial charge on any atom is -0.264 e. The predicted octanol–water partition coefficient (Wildman–Crippen LogP) is 13.2. The maximum absolute atomic E-state index is 4.16. The van der Waals surface area contributed by atoms with Crippen LogP contribution in [0.3, 0.4) is 0 Å². The zero-order chi connectivity index (χ0) is 36.6. The molecule has 7 nitrogen and oxygen atoms in total. The second kappa shape index (κ2) is 19.6. The van der Waals surface area contributed by atoms with Gasteiger partial charge in [-0.05, 0) is 110 Å². The molecule has 0 aliphatic heterocycles. The van der Waals surface area contributed by atoms with Gasteiger partial charge in [-0.1, -0.05) is 24.3 Å². The lowest BCUT2D eigenvalue weighted by Crippen LogP contribution is -1.73. The van der Waals surface area contributed by atoms with E-state index in [0.29, 0.717) is 0 Å². The minimum atomic E-state index is 1.01. The molecule has 0 aliphatic rings. The van der Waals surface area contributed by atoms with Crippen LogP contribution in [0.1, 0.15) is 0 Å². The number of benzene rings is 1. The van der Waals surface area contributed by atoms with E-state index in [4.69, 9.17) is 0 Å². The Morgan fingerprint density at radius 1 is 0.315 bits per heavy atom. The summed E-state index contributed by atoms with van der Waals surface area (Å²) in [5, 5.41) is 35.0. The first-order valence-electron chi connectivity index (χ1n) is 16.3. The predicted molar refractivity (Wildman–Crippen MR) is 236 cm³/mol. The topological polar surface area (TPSA) is 90.2 Å². The SMILES string of the molecule is c1cc2ccsc2cn1.c1cc2ccsc2nn1.c1cc2cnncc2s1.c1cc2sccc2cn1.c1ccc2sccc2c1.c1cnc2sccc2c1. The molecule has 0 fully saturated rings. The summed E-state index contributed by atoms with van der Waals surface area (Å²) in [5.74, 6) is 0. The van der Waals surface area contributed by atoms with E-state index in [1.807, 2.05) is 78.1 Å². The van der Waals surface area contributed by atoms with Crippen LogP contribution in [0.5, 0.6) is 0 Å². The molecular weight excluding hydrogens is 783 g/mol. The number of rotatable bonds is 0. The standard InChI is InChI=1S/C8H6S.3C7H5NS.2C6H4N2S/c1-2-4-8-7(3-1)5-6-9-8;1-3-8-5-6-2-4-9-7(1)6;1-3-8-5-7-6(1)2-4-9-7;1-2-6-3-5-9-7(6)8-4-1;1-3-7-8-6-5(1)2-4-9-6;1-2-9-6-4-8-7-3-5(1)6/h1-6H;3*1-5H;2*1-4H. The Kier molecular flexibility index (Phi) is 13.4. The number of thiophene rings is 6. The average Bonchev–Trinajstić information content (AvgIpc) is 4.09. The third-order valence-electron chi connectivity index (χ3n) is 7.41. The van der Waals surface area contributed by atoms with Crippen molar-refractivity contribution in [3.63, 3.8) is 0 Å². The van der Waals surface area contributed by atoms with Crippen LogP contribution in [0, 0.1) is 0 Å². The molecule has 11 aromatic heterocycles. The monoisotopic (exact) mass is 811 g/mol. The van der Waals surface area contributed by atoms with Crippen LogP contribution in [0.15, 0.2) is 173 Å². The fourth-order valence-corrected chi connectivity index (χ4v) is 9.24. The number of fused-ring (bicyclic) bond motifs is 6. The van der Waals surface area contributed by atoms with Crippen molar-refractivity contribution in [2.45, 2.75) is 0 Å². The number of nitrogens with zero attached hydrogens (tertiary/aromatic N) is 7. The van der Waals surface area contributed by atoms with Gasteiger partial charge in [-0.25, -0.2) is 4.98 Å². The van der Waals surface area contributed by atoms with Crippen LogP contribution < -0.4 is 0 Å². The van der Waals surface area contributed by atoms with E-state index in [1.165, 1.54) is 51.1 Å². The summed E-state index contributed by atoms with van der Waals surface area (Å²) >= 11 is 10.2. The molecule has 0 atom stereocenters. The second-order valence-electron chi connectivity index (χ2n) is 10.9. The maximum Gasteiger partial charge on any atom is 0.146 e. The van der Waals surface area contributed by atoms with Gasteiger partial charge in [0.1, 0.15) is 9.66 Å². The summed E-state index contributed by atoms with van der Waals surface area (Å²) in [6.07, 6.45) is 14.5. The molecule has 13 heteroatoms. The zero-order valence-electron chi connectivity index (χ0n) is 28.3. The van der Waals surface area contributed by atoms with Crippen molar-refractivity contribution in [1.29, 1.82) is 0 Å². The van der Waals surface area contributed by atoms with Gasteiger partial charge < -0.3 is 0 Å². The molecule has 12 aromatic rings. The summed E-state index contributed by atoms with van der Waals surface area (Å²) < 4.78 is 5.14. The van der Waals surface area contributed by atoms with Crippen molar-refractivity contribution in [3.05, 3.63) is 173 Å². The van der Waals surface area contributed by atoms with Crippen LogP contribution in [0.2, 0.25) is 0 Å². The Morgan fingerprint density at radius 2 is 0.852 bits per heavy atom. The van der Waals surface area contributed by atoms with Crippen LogP contribution in [0.25, 0.3) is 60.8 Å². The first-order chi connectivity index (χ1) is 26.8. The number of hydrogen-bond acceptors (Lipinski definition) is 13. The molecule has 0 spiro atoms. The molecule has 264 valence electrons. The summed E-state index contributed by atoms with van der Waals surface area (Å²) in [7, 11) is 0. The minimum absolute atomic E-state index is 1.01. The van der Waals surface area contributed by atoms with Crippen LogP contribution in [-0.4, -0.2) is 35.3 Å². The Hall–Kier alpha value is -5.41. The molecule has 0 aliphatic carbocycles. The highest BCUT2D eigenvalue weighted by Crippen LogP contribution is 2.21. The molecular formula is C41H29N7S6. The highest BCUT2D eigenvalue weighted by Gasteiger charge is 1.93. The van der Waals surface area contributed by atoms with E-state index in [0.717, 1.165) is 9.66 Å². The van der Waals surface area contributed by atoms with E-state index < -0.39 is 0 Å². The van der Waals surface area contributed by atoms with Gasteiger partial charge in [0, 0.05) is 61.9 Å². The zero-order valence-corrected chi connectivity index (χ0v) is 33.2. The van der Waals surface area contributed by atoms with Crippen LogP contribution in [0.4, 0.5) is 0 Å². The summed E-state index contributed by atoms with van der Waals surface area (Å²) in [5.41, 5.74) is 0. The largest absolute Gasteiger partial charge is 0.264 e. The highest BCUT2D eigenvalue weighted by atomic mass is 32.1. The van der Waals surface area contributed by atoms with E-state index in [2.05, 4.69) is 111 Å². The van der Waals surface area contributed by atoms with Gasteiger partial charge in [0.25, 0.3) is 0 Å². The summed E-state index contributed by atoms with van der Waals surface area (Å²) in [6, 6.07) is 30.9. The highest BCUT2D eigenvalue weighted by molar-refractivity contribution is 7.18. The van der Waals surface area contributed by atoms with Crippen molar-refractivity contribution in [2.24, 2.45) is 0 Å². The maximum atomic E-state index is 4.16. The Balaban J connectivity index is 0.0000001000. The lowest BCUT2D eigenvalue weighted by Gasteiger charge is -1.82. The molecule has 0 unspecified atom stereocenters. The van der Waals surface area contributed by atoms with Crippen molar-refractivity contribution in [1.82, 2.24) is 35.3 Å². The van der Waals surface area contributed by atoms with Gasteiger partial charge in [0.15, 0.2) is 0 Å². The molecule has 0 saturated carbocycles. The molecule has 0 N–H and O–H groups in total. The van der Waals surface area contributed by atoms with E-state index in [-0.39, 0.29) is 0 Å². The number of aromatic nitrogens is 7. The molecule has 0 amide bonds. The molecule has 11 heterocycles. The fraction of sp³-hybridized carbons (Fsp3) is 0. The fourth-order valence-electron chi connectivity index (χ4n) is 4.76. The number of pyridine rings is 3. The van der Waals surface area contributed by atoms with Crippen molar-refractivity contribution < 1.29 is 0 Å². The van der Waals surface area contributed by atoms with Gasteiger partial charge in [-0.3, -0.25) is 9.97 Å². The molecule has 12 rings (SSSR count).